The van der Waals surface area contributed by atoms with E-state index in [2.05, 4.69) is 12.2 Å². The molecule has 1 fully saturated rings. The molecule has 0 aromatic rings. The van der Waals surface area contributed by atoms with Crippen LogP contribution in [-0.4, -0.2) is 42.8 Å². The van der Waals surface area contributed by atoms with Crippen molar-refractivity contribution in [1.29, 1.82) is 0 Å². The molecule has 2 nitrogen and oxygen atoms in total. The van der Waals surface area contributed by atoms with Crippen molar-refractivity contribution < 1.29 is 13.2 Å². The summed E-state index contributed by atoms with van der Waals surface area (Å²) in [5, 5.41) is 3.46. The van der Waals surface area contributed by atoms with E-state index >= 15 is 0 Å². The van der Waals surface area contributed by atoms with Gasteiger partial charge < -0.3 is 5.32 Å². The topological polar surface area (TPSA) is 15.3 Å². The van der Waals surface area contributed by atoms with Gasteiger partial charge in [0.15, 0.2) is 0 Å². The zero-order valence-electron chi connectivity index (χ0n) is 11.4. The average molecular weight is 266 g/mol. The molecule has 0 amide bonds. The van der Waals surface area contributed by atoms with Gasteiger partial charge in [-0.3, -0.25) is 4.90 Å². The fraction of sp³-hybridized carbons (Fsp3) is 1.00. The number of rotatable bonds is 6. The number of halogens is 3. The van der Waals surface area contributed by atoms with Crippen molar-refractivity contribution in [3.8, 4) is 0 Å². The molecule has 0 saturated heterocycles. The zero-order valence-corrected chi connectivity index (χ0v) is 11.4. The van der Waals surface area contributed by atoms with Crippen LogP contribution in [0.1, 0.15) is 46.0 Å². The SMILES string of the molecule is CCCNC1CCC(N(CC)CC(F)(F)F)CC1. The Hall–Kier alpha value is -0.290. The molecule has 0 bridgehead atoms. The maximum Gasteiger partial charge on any atom is 0.401 e. The van der Waals surface area contributed by atoms with E-state index in [-0.39, 0.29) is 6.04 Å². The van der Waals surface area contributed by atoms with Gasteiger partial charge in [0.05, 0.1) is 6.54 Å². The Bertz CT molecular complexity index is 223. The minimum absolute atomic E-state index is 0.108. The lowest BCUT2D eigenvalue weighted by molar-refractivity contribution is -0.151. The van der Waals surface area contributed by atoms with Crippen LogP contribution in [0.3, 0.4) is 0 Å². The molecule has 1 rings (SSSR count). The zero-order chi connectivity index (χ0) is 13.6. The molecular weight excluding hydrogens is 241 g/mol. The Balaban J connectivity index is 2.35. The van der Waals surface area contributed by atoms with Crippen LogP contribution in [0.2, 0.25) is 0 Å². The highest BCUT2D eigenvalue weighted by molar-refractivity contribution is 4.83. The van der Waals surface area contributed by atoms with Crippen LogP contribution in [0.4, 0.5) is 13.2 Å². The van der Waals surface area contributed by atoms with E-state index in [1.54, 1.807) is 4.90 Å². The van der Waals surface area contributed by atoms with Crippen LogP contribution in [-0.2, 0) is 0 Å². The lowest BCUT2D eigenvalue weighted by Gasteiger charge is -2.37. The summed E-state index contributed by atoms with van der Waals surface area (Å²) in [4.78, 5) is 1.58. The van der Waals surface area contributed by atoms with Crippen molar-refractivity contribution in [2.75, 3.05) is 19.6 Å². The van der Waals surface area contributed by atoms with Crippen LogP contribution in [0.5, 0.6) is 0 Å². The van der Waals surface area contributed by atoms with Gasteiger partial charge in [-0.25, -0.2) is 0 Å². The van der Waals surface area contributed by atoms with Crippen LogP contribution < -0.4 is 5.32 Å². The van der Waals surface area contributed by atoms with E-state index in [1.165, 1.54) is 0 Å². The number of hydrogen-bond acceptors (Lipinski definition) is 2. The van der Waals surface area contributed by atoms with E-state index in [9.17, 15) is 13.2 Å². The van der Waals surface area contributed by atoms with E-state index in [4.69, 9.17) is 0 Å². The number of hydrogen-bond donors (Lipinski definition) is 1. The van der Waals surface area contributed by atoms with Crippen molar-refractivity contribution in [3.05, 3.63) is 0 Å². The highest BCUT2D eigenvalue weighted by atomic mass is 19.4. The van der Waals surface area contributed by atoms with Crippen molar-refractivity contribution in [3.63, 3.8) is 0 Å². The van der Waals surface area contributed by atoms with Gasteiger partial charge in [-0.2, -0.15) is 13.2 Å². The number of nitrogens with one attached hydrogen (secondary N) is 1. The van der Waals surface area contributed by atoms with E-state index < -0.39 is 12.7 Å². The van der Waals surface area contributed by atoms with Gasteiger partial charge >= 0.3 is 6.18 Å². The van der Waals surface area contributed by atoms with Crippen molar-refractivity contribution in [2.24, 2.45) is 0 Å². The second-order valence-electron chi connectivity index (χ2n) is 5.14. The Morgan fingerprint density at radius 1 is 1.11 bits per heavy atom. The molecule has 108 valence electrons. The van der Waals surface area contributed by atoms with Crippen molar-refractivity contribution in [1.82, 2.24) is 10.2 Å². The quantitative estimate of drug-likeness (QED) is 0.794. The molecule has 0 aromatic carbocycles. The first-order valence-electron chi connectivity index (χ1n) is 7.00. The van der Waals surface area contributed by atoms with Crippen LogP contribution in [0, 0.1) is 0 Å². The fourth-order valence-corrected chi connectivity index (χ4v) is 2.72. The molecule has 18 heavy (non-hydrogen) atoms. The molecule has 1 aliphatic carbocycles. The van der Waals surface area contributed by atoms with Gasteiger partial charge in [-0.15, -0.1) is 0 Å². The summed E-state index contributed by atoms with van der Waals surface area (Å²) >= 11 is 0. The summed E-state index contributed by atoms with van der Waals surface area (Å²) in [5.74, 6) is 0. The third-order valence-electron chi connectivity index (χ3n) is 3.68. The highest BCUT2D eigenvalue weighted by Gasteiger charge is 2.34. The molecule has 0 unspecified atom stereocenters. The molecule has 5 heteroatoms. The monoisotopic (exact) mass is 266 g/mol. The lowest BCUT2D eigenvalue weighted by Crippen LogP contribution is -2.45. The van der Waals surface area contributed by atoms with E-state index in [0.717, 1.165) is 38.6 Å². The average Bonchev–Trinajstić information content (AvgIpc) is 2.33. The first-order chi connectivity index (χ1) is 8.46. The summed E-state index contributed by atoms with van der Waals surface area (Å²) in [6.07, 6.45) is 0.789. The maximum atomic E-state index is 12.4. The van der Waals surface area contributed by atoms with Crippen LogP contribution in [0.25, 0.3) is 0 Å². The summed E-state index contributed by atoms with van der Waals surface area (Å²) in [6, 6.07) is 0.613. The first kappa shape index (κ1) is 15.8. The summed E-state index contributed by atoms with van der Waals surface area (Å²) < 4.78 is 37.3. The first-order valence-corrected chi connectivity index (χ1v) is 7.00. The molecule has 1 N–H and O–H groups in total. The summed E-state index contributed by atoms with van der Waals surface area (Å²) in [7, 11) is 0. The van der Waals surface area contributed by atoms with Gasteiger partial charge in [0, 0.05) is 12.1 Å². The smallest absolute Gasteiger partial charge is 0.314 e. The predicted octanol–water partition coefficient (Wildman–Crippen LogP) is 3.18. The van der Waals surface area contributed by atoms with Crippen LogP contribution in [0.15, 0.2) is 0 Å². The Morgan fingerprint density at radius 2 is 1.72 bits per heavy atom. The summed E-state index contributed by atoms with van der Waals surface area (Å²) in [6.45, 7) is 4.67. The van der Waals surface area contributed by atoms with Gasteiger partial charge in [0.2, 0.25) is 0 Å². The molecule has 1 saturated carbocycles. The van der Waals surface area contributed by atoms with Crippen LogP contribution >= 0.6 is 0 Å². The largest absolute Gasteiger partial charge is 0.401 e. The molecule has 0 aromatic heterocycles. The second-order valence-corrected chi connectivity index (χ2v) is 5.14. The molecule has 0 heterocycles. The number of nitrogens with zero attached hydrogens (tertiary/aromatic N) is 1. The van der Waals surface area contributed by atoms with Gasteiger partial charge in [0.1, 0.15) is 0 Å². The lowest BCUT2D eigenvalue weighted by atomic mass is 9.90. The molecule has 0 spiro atoms. The Kier molecular flexibility index (Phi) is 6.43. The fourth-order valence-electron chi connectivity index (χ4n) is 2.72. The van der Waals surface area contributed by atoms with E-state index in [1.807, 2.05) is 6.92 Å². The molecular formula is C13H25F3N2. The minimum atomic E-state index is -4.08. The third kappa shape index (κ3) is 5.57. The molecule has 1 aliphatic rings. The Labute approximate surface area is 108 Å². The molecule has 0 radical (unpaired) electrons. The Morgan fingerprint density at radius 3 is 2.17 bits per heavy atom. The molecule has 0 atom stereocenters. The van der Waals surface area contributed by atoms with Gasteiger partial charge in [-0.05, 0) is 45.2 Å². The minimum Gasteiger partial charge on any atom is -0.314 e. The van der Waals surface area contributed by atoms with Gasteiger partial charge in [-0.1, -0.05) is 13.8 Å². The van der Waals surface area contributed by atoms with Crippen molar-refractivity contribution >= 4 is 0 Å². The molecule has 0 aliphatic heterocycles. The second kappa shape index (κ2) is 7.34. The van der Waals surface area contributed by atoms with Crippen molar-refractivity contribution in [2.45, 2.75) is 64.2 Å². The predicted molar refractivity (Wildman–Crippen MR) is 67.6 cm³/mol. The standard InChI is InChI=1S/C13H25F3N2/c1-3-9-17-11-5-7-12(8-6-11)18(4-2)10-13(14,15)16/h11-12,17H,3-10H2,1-2H3. The maximum absolute atomic E-state index is 12.4. The van der Waals surface area contributed by atoms with Gasteiger partial charge in [0.25, 0.3) is 0 Å². The normalized spacial score (nSPS) is 25.7. The number of alkyl halides is 3. The van der Waals surface area contributed by atoms with E-state index in [0.29, 0.717) is 12.6 Å². The third-order valence-corrected chi connectivity index (χ3v) is 3.68. The highest BCUT2D eigenvalue weighted by Crippen LogP contribution is 2.26. The summed E-state index contributed by atoms with van der Waals surface area (Å²) in [5.41, 5.74) is 0.